The van der Waals surface area contributed by atoms with Gasteiger partial charge >= 0.3 is 0 Å². The molecule has 0 aromatic carbocycles. The summed E-state index contributed by atoms with van der Waals surface area (Å²) in [6.45, 7) is 5.44. The summed E-state index contributed by atoms with van der Waals surface area (Å²) in [5.74, 6) is -0.259. The Balaban J connectivity index is 1.54. The lowest BCUT2D eigenvalue weighted by atomic mass is 10.1. The standard InChI is InChI=1S/C17H29N5O5S/c1-11(2)17(25)18-14-7-12(15(23)16(14)24)8-22-10-13(19-20-22)9-21-3-5-28(26,27)6-4-21/h10-12,14-16,23-24H,3-9H2,1-2H3,(H,18,25). The van der Waals surface area contributed by atoms with Crippen molar-refractivity contribution in [3.8, 4) is 0 Å². The molecule has 4 unspecified atom stereocenters. The van der Waals surface area contributed by atoms with Gasteiger partial charge in [0.25, 0.3) is 0 Å². The smallest absolute Gasteiger partial charge is 0.222 e. The number of aliphatic hydroxyl groups is 2. The van der Waals surface area contributed by atoms with Crippen LogP contribution in [0.15, 0.2) is 6.20 Å². The second-order valence-corrected chi connectivity index (χ2v) is 10.4. The fourth-order valence-electron chi connectivity index (χ4n) is 3.68. The Labute approximate surface area is 164 Å². The lowest BCUT2D eigenvalue weighted by Crippen LogP contribution is -2.44. The van der Waals surface area contributed by atoms with Crippen LogP contribution in [0.1, 0.15) is 26.0 Å². The van der Waals surface area contributed by atoms with Gasteiger partial charge in [-0.3, -0.25) is 14.4 Å². The van der Waals surface area contributed by atoms with Crippen molar-refractivity contribution in [3.05, 3.63) is 11.9 Å². The van der Waals surface area contributed by atoms with Crippen LogP contribution in [0.2, 0.25) is 0 Å². The minimum absolute atomic E-state index is 0.150. The van der Waals surface area contributed by atoms with Crippen LogP contribution in [0.5, 0.6) is 0 Å². The molecule has 158 valence electrons. The van der Waals surface area contributed by atoms with Gasteiger partial charge in [-0.25, -0.2) is 8.42 Å². The van der Waals surface area contributed by atoms with Gasteiger partial charge in [-0.2, -0.15) is 0 Å². The molecule has 1 amide bonds. The predicted molar refractivity (Wildman–Crippen MR) is 101 cm³/mol. The molecule has 1 aliphatic heterocycles. The maximum atomic E-state index is 11.9. The van der Waals surface area contributed by atoms with Crippen LogP contribution in [-0.4, -0.2) is 87.3 Å². The number of amides is 1. The van der Waals surface area contributed by atoms with Crippen molar-refractivity contribution < 1.29 is 23.4 Å². The van der Waals surface area contributed by atoms with E-state index in [1.165, 1.54) is 0 Å². The Morgan fingerprint density at radius 3 is 2.61 bits per heavy atom. The molecule has 1 aromatic heterocycles. The molecule has 0 bridgehead atoms. The number of sulfone groups is 1. The van der Waals surface area contributed by atoms with Crippen LogP contribution >= 0.6 is 0 Å². The molecular formula is C17H29N5O5S. The lowest BCUT2D eigenvalue weighted by molar-refractivity contribution is -0.125. The number of carbonyl (C=O) groups is 1. The summed E-state index contributed by atoms with van der Waals surface area (Å²) in [7, 11) is -2.91. The molecule has 3 N–H and O–H groups in total. The number of carbonyl (C=O) groups excluding carboxylic acids is 1. The van der Waals surface area contributed by atoms with E-state index in [1.54, 1.807) is 24.7 Å². The van der Waals surface area contributed by atoms with Gasteiger partial charge in [-0.05, 0) is 6.42 Å². The van der Waals surface area contributed by atoms with Gasteiger partial charge in [0.2, 0.25) is 5.91 Å². The molecule has 4 atom stereocenters. The van der Waals surface area contributed by atoms with E-state index >= 15 is 0 Å². The van der Waals surface area contributed by atoms with E-state index in [0.29, 0.717) is 32.6 Å². The normalized spacial score (nSPS) is 30.6. The Hall–Kier alpha value is -1.56. The van der Waals surface area contributed by atoms with Crippen molar-refractivity contribution in [2.75, 3.05) is 24.6 Å². The molecule has 0 radical (unpaired) electrons. The molecule has 10 nitrogen and oxygen atoms in total. The van der Waals surface area contributed by atoms with Crippen LogP contribution in [0.25, 0.3) is 0 Å². The Kier molecular flexibility index (Phi) is 6.37. The maximum Gasteiger partial charge on any atom is 0.222 e. The van der Waals surface area contributed by atoms with Crippen LogP contribution < -0.4 is 5.32 Å². The van der Waals surface area contributed by atoms with E-state index < -0.39 is 28.1 Å². The Bertz CT molecular complexity index is 782. The molecule has 11 heteroatoms. The van der Waals surface area contributed by atoms with Crippen molar-refractivity contribution in [1.29, 1.82) is 0 Å². The molecule has 28 heavy (non-hydrogen) atoms. The largest absolute Gasteiger partial charge is 0.390 e. The molecule has 2 fully saturated rings. The van der Waals surface area contributed by atoms with E-state index in [9.17, 15) is 23.4 Å². The molecular weight excluding hydrogens is 386 g/mol. The van der Waals surface area contributed by atoms with Crippen LogP contribution in [0.3, 0.4) is 0 Å². The highest BCUT2D eigenvalue weighted by molar-refractivity contribution is 7.91. The minimum atomic E-state index is -2.91. The van der Waals surface area contributed by atoms with Crippen LogP contribution in [0.4, 0.5) is 0 Å². The van der Waals surface area contributed by atoms with E-state index in [4.69, 9.17) is 0 Å². The van der Waals surface area contributed by atoms with Gasteiger partial charge in [-0.15, -0.1) is 5.10 Å². The monoisotopic (exact) mass is 415 g/mol. The lowest BCUT2D eigenvalue weighted by Gasteiger charge is -2.25. The average Bonchev–Trinajstić information content (AvgIpc) is 3.17. The number of rotatable bonds is 6. The summed E-state index contributed by atoms with van der Waals surface area (Å²) in [6, 6.07) is -0.479. The summed E-state index contributed by atoms with van der Waals surface area (Å²) < 4.78 is 24.6. The SMILES string of the molecule is CC(C)C(=O)NC1CC(Cn2cc(CN3CCS(=O)(=O)CC3)nn2)C(O)C1O. The number of aromatic nitrogens is 3. The van der Waals surface area contributed by atoms with E-state index in [-0.39, 0.29) is 29.2 Å². The summed E-state index contributed by atoms with van der Waals surface area (Å²) in [4.78, 5) is 13.9. The second kappa shape index (κ2) is 8.44. The first kappa shape index (κ1) is 21.2. The highest BCUT2D eigenvalue weighted by atomic mass is 32.2. The van der Waals surface area contributed by atoms with Crippen LogP contribution in [0, 0.1) is 11.8 Å². The third-order valence-corrected chi connectivity index (χ3v) is 7.09. The quantitative estimate of drug-likeness (QED) is 0.505. The third-order valence-electron chi connectivity index (χ3n) is 5.48. The van der Waals surface area contributed by atoms with Gasteiger partial charge in [0.15, 0.2) is 9.84 Å². The molecule has 1 saturated carbocycles. The summed E-state index contributed by atoms with van der Waals surface area (Å²) in [5, 5.41) is 31.6. The molecule has 1 aromatic rings. The number of aliphatic hydroxyl groups excluding tert-OH is 2. The van der Waals surface area contributed by atoms with Crippen molar-refractivity contribution in [1.82, 2.24) is 25.2 Å². The molecule has 3 rings (SSSR count). The first-order chi connectivity index (χ1) is 13.1. The van der Waals surface area contributed by atoms with E-state index in [2.05, 4.69) is 15.6 Å². The maximum absolute atomic E-state index is 11.9. The van der Waals surface area contributed by atoms with Gasteiger partial charge in [0.1, 0.15) is 6.10 Å². The van der Waals surface area contributed by atoms with E-state index in [0.717, 1.165) is 5.69 Å². The predicted octanol–water partition coefficient (Wildman–Crippen LogP) is -1.61. The number of hydrogen-bond donors (Lipinski definition) is 3. The van der Waals surface area contributed by atoms with E-state index in [1.807, 2.05) is 4.90 Å². The topological polar surface area (TPSA) is 138 Å². The van der Waals surface area contributed by atoms with Crippen LogP contribution in [-0.2, 0) is 27.7 Å². The highest BCUT2D eigenvalue weighted by Gasteiger charge is 2.42. The zero-order valence-electron chi connectivity index (χ0n) is 16.2. The average molecular weight is 416 g/mol. The summed E-state index contributed by atoms with van der Waals surface area (Å²) >= 11 is 0. The van der Waals surface area contributed by atoms with Crippen molar-refractivity contribution in [3.63, 3.8) is 0 Å². The number of nitrogens with one attached hydrogen (secondary N) is 1. The molecule has 2 aliphatic rings. The highest BCUT2D eigenvalue weighted by Crippen LogP contribution is 2.28. The fourth-order valence-corrected chi connectivity index (χ4v) is 4.95. The Morgan fingerprint density at radius 1 is 1.29 bits per heavy atom. The first-order valence-electron chi connectivity index (χ1n) is 9.63. The van der Waals surface area contributed by atoms with Crippen molar-refractivity contribution in [2.24, 2.45) is 11.8 Å². The molecule has 1 aliphatic carbocycles. The zero-order valence-corrected chi connectivity index (χ0v) is 17.0. The van der Waals surface area contributed by atoms with Gasteiger partial charge in [0, 0.05) is 44.2 Å². The van der Waals surface area contributed by atoms with Crippen molar-refractivity contribution >= 4 is 15.7 Å². The third kappa shape index (κ3) is 5.07. The minimum Gasteiger partial charge on any atom is -0.390 e. The molecule has 1 saturated heterocycles. The fraction of sp³-hybridized carbons (Fsp3) is 0.824. The Morgan fingerprint density at radius 2 is 1.96 bits per heavy atom. The molecule has 0 spiro atoms. The second-order valence-electron chi connectivity index (χ2n) is 8.11. The zero-order chi connectivity index (χ0) is 20.5. The number of nitrogens with zero attached hydrogens (tertiary/aromatic N) is 4. The summed E-state index contributed by atoms with van der Waals surface area (Å²) in [6.07, 6.45) is 0.283. The molecule has 2 heterocycles. The van der Waals surface area contributed by atoms with Gasteiger partial charge in [-0.1, -0.05) is 19.1 Å². The first-order valence-corrected chi connectivity index (χ1v) is 11.4. The van der Waals surface area contributed by atoms with Gasteiger partial charge in [0.05, 0.1) is 29.3 Å². The number of hydrogen-bond acceptors (Lipinski definition) is 8. The van der Waals surface area contributed by atoms with Crippen molar-refractivity contribution in [2.45, 2.75) is 51.6 Å². The summed E-state index contributed by atoms with van der Waals surface area (Å²) in [5.41, 5.74) is 0.733. The van der Waals surface area contributed by atoms with Gasteiger partial charge < -0.3 is 15.5 Å².